The number of carbonyl (C=O) groups excluding carboxylic acids is 1. The molecule has 19 heavy (non-hydrogen) atoms. The fraction of sp³-hybridized carbons (Fsp3) is 0.417. The lowest BCUT2D eigenvalue weighted by molar-refractivity contribution is 0.0711. The van der Waals surface area contributed by atoms with Crippen LogP contribution in [0, 0.1) is 0 Å². The van der Waals surface area contributed by atoms with Crippen molar-refractivity contribution in [2.24, 2.45) is 0 Å². The summed E-state index contributed by atoms with van der Waals surface area (Å²) in [4.78, 5) is 14.8. The predicted molar refractivity (Wildman–Crippen MR) is 80.5 cm³/mol. The third-order valence-electron chi connectivity index (χ3n) is 3.11. The van der Waals surface area contributed by atoms with Crippen LogP contribution in [-0.4, -0.2) is 43.3 Å². The number of carbonyl (C=O) groups is 1. The van der Waals surface area contributed by atoms with E-state index in [1.807, 2.05) is 0 Å². The molecule has 0 radical (unpaired) electrons. The summed E-state index contributed by atoms with van der Waals surface area (Å²) in [5, 5.41) is 0. The summed E-state index contributed by atoms with van der Waals surface area (Å²) in [6.45, 7) is 2.00. The van der Waals surface area contributed by atoms with E-state index in [0.29, 0.717) is 14.9 Å². The molecule has 1 atom stereocenters. The highest BCUT2D eigenvalue weighted by Gasteiger charge is 2.32. The van der Waals surface area contributed by atoms with Gasteiger partial charge in [0.05, 0.1) is 17.1 Å². The molecule has 1 amide bonds. The van der Waals surface area contributed by atoms with Gasteiger partial charge in [0.15, 0.2) is 9.84 Å². The summed E-state index contributed by atoms with van der Waals surface area (Å²) < 4.78 is 23.7. The van der Waals surface area contributed by atoms with Crippen molar-refractivity contribution < 1.29 is 13.2 Å². The van der Waals surface area contributed by atoms with Gasteiger partial charge in [-0.2, -0.15) is 0 Å². The fourth-order valence-corrected chi connectivity index (χ4v) is 4.31. The van der Waals surface area contributed by atoms with Crippen molar-refractivity contribution in [3.63, 3.8) is 0 Å². The van der Waals surface area contributed by atoms with Gasteiger partial charge in [0, 0.05) is 22.0 Å². The molecule has 0 saturated carbocycles. The number of rotatable bonds is 1. The van der Waals surface area contributed by atoms with Crippen LogP contribution in [0.3, 0.4) is 0 Å². The van der Waals surface area contributed by atoms with E-state index in [1.54, 1.807) is 30.0 Å². The van der Waals surface area contributed by atoms with E-state index in [1.165, 1.54) is 0 Å². The summed E-state index contributed by atoms with van der Waals surface area (Å²) in [7, 11) is -3.02. The zero-order valence-electron chi connectivity index (χ0n) is 10.3. The molecule has 0 aromatic heterocycles. The molecule has 1 aliphatic heterocycles. The third kappa shape index (κ3) is 3.32. The van der Waals surface area contributed by atoms with Crippen molar-refractivity contribution in [2.45, 2.75) is 17.9 Å². The Morgan fingerprint density at radius 3 is 2.79 bits per heavy atom. The van der Waals surface area contributed by atoms with E-state index < -0.39 is 9.84 Å². The number of halogens is 1. The Labute approximate surface area is 126 Å². The van der Waals surface area contributed by atoms with Gasteiger partial charge in [-0.15, -0.1) is 12.6 Å². The topological polar surface area (TPSA) is 54.5 Å². The van der Waals surface area contributed by atoms with Crippen molar-refractivity contribution in [1.82, 2.24) is 4.90 Å². The number of sulfone groups is 1. The van der Waals surface area contributed by atoms with Gasteiger partial charge in [0.25, 0.3) is 5.91 Å². The number of hydrogen-bond donors (Lipinski definition) is 1. The molecule has 1 aromatic carbocycles. The molecule has 1 aliphatic rings. The first-order valence-electron chi connectivity index (χ1n) is 5.80. The first-order chi connectivity index (χ1) is 8.80. The van der Waals surface area contributed by atoms with E-state index in [9.17, 15) is 13.2 Å². The second-order valence-corrected chi connectivity index (χ2v) is 8.23. The largest absolute Gasteiger partial charge is 0.334 e. The van der Waals surface area contributed by atoms with E-state index in [0.717, 1.165) is 0 Å². The Morgan fingerprint density at radius 2 is 2.16 bits per heavy atom. The van der Waals surface area contributed by atoms with E-state index in [4.69, 9.17) is 0 Å². The molecule has 2 rings (SSSR count). The maximum atomic E-state index is 12.5. The summed E-state index contributed by atoms with van der Waals surface area (Å²) >= 11 is 7.56. The standard InChI is InChI=1S/C12H14BrNO3S2/c1-8-7-19(16,17)5-4-14(8)12(15)10-6-9(18)2-3-11(10)13/h2-3,6,8,18H,4-5,7H2,1H3. The van der Waals surface area contributed by atoms with Crippen LogP contribution in [0.2, 0.25) is 0 Å². The van der Waals surface area contributed by atoms with Crippen LogP contribution < -0.4 is 0 Å². The third-order valence-corrected chi connectivity index (χ3v) is 5.88. The minimum atomic E-state index is -3.02. The number of nitrogens with zero attached hydrogens (tertiary/aromatic N) is 1. The maximum absolute atomic E-state index is 12.5. The number of benzene rings is 1. The Bertz CT molecular complexity index is 615. The van der Waals surface area contributed by atoms with Gasteiger partial charge in [0.2, 0.25) is 0 Å². The average molecular weight is 364 g/mol. The second kappa shape index (κ2) is 5.46. The molecular weight excluding hydrogens is 350 g/mol. The van der Waals surface area contributed by atoms with Gasteiger partial charge in [-0.1, -0.05) is 0 Å². The smallest absolute Gasteiger partial charge is 0.255 e. The highest BCUT2D eigenvalue weighted by atomic mass is 79.9. The normalized spacial score (nSPS) is 22.3. The van der Waals surface area contributed by atoms with Crippen LogP contribution in [0.5, 0.6) is 0 Å². The van der Waals surface area contributed by atoms with Crippen molar-refractivity contribution in [1.29, 1.82) is 0 Å². The molecule has 0 spiro atoms. The van der Waals surface area contributed by atoms with Crippen molar-refractivity contribution >= 4 is 44.3 Å². The molecule has 4 nitrogen and oxygen atoms in total. The lowest BCUT2D eigenvalue weighted by Gasteiger charge is -2.33. The Kier molecular flexibility index (Phi) is 4.27. The van der Waals surface area contributed by atoms with E-state index >= 15 is 0 Å². The molecule has 1 heterocycles. The van der Waals surface area contributed by atoms with Crippen molar-refractivity contribution in [2.75, 3.05) is 18.1 Å². The lowest BCUT2D eigenvalue weighted by Crippen LogP contribution is -2.49. The van der Waals surface area contributed by atoms with Crippen LogP contribution in [0.25, 0.3) is 0 Å². The van der Waals surface area contributed by atoms with Crippen LogP contribution in [0.15, 0.2) is 27.6 Å². The number of hydrogen-bond acceptors (Lipinski definition) is 4. The number of amides is 1. The van der Waals surface area contributed by atoms with Gasteiger partial charge in [0.1, 0.15) is 0 Å². The molecule has 1 aromatic rings. The molecule has 104 valence electrons. The quantitative estimate of drug-likeness (QED) is 0.776. The van der Waals surface area contributed by atoms with Crippen molar-refractivity contribution in [3.8, 4) is 0 Å². The molecule has 1 saturated heterocycles. The number of thiol groups is 1. The molecule has 1 fully saturated rings. The minimum Gasteiger partial charge on any atom is -0.334 e. The van der Waals surface area contributed by atoms with E-state index in [-0.39, 0.29) is 30.0 Å². The van der Waals surface area contributed by atoms with Gasteiger partial charge in [-0.05, 0) is 41.1 Å². The fourth-order valence-electron chi connectivity index (χ4n) is 2.13. The second-order valence-electron chi connectivity index (χ2n) is 4.63. The molecular formula is C12H14BrNO3S2. The Morgan fingerprint density at radius 1 is 1.47 bits per heavy atom. The van der Waals surface area contributed by atoms with E-state index in [2.05, 4.69) is 28.6 Å². The van der Waals surface area contributed by atoms with Gasteiger partial charge in [-0.25, -0.2) is 8.42 Å². The first-order valence-corrected chi connectivity index (χ1v) is 8.86. The Balaban J connectivity index is 2.27. The molecule has 1 unspecified atom stereocenters. The average Bonchev–Trinajstić information content (AvgIpc) is 2.30. The van der Waals surface area contributed by atoms with Crippen LogP contribution in [0.4, 0.5) is 0 Å². The molecule has 0 aliphatic carbocycles. The van der Waals surface area contributed by atoms with Crippen molar-refractivity contribution in [3.05, 3.63) is 28.2 Å². The van der Waals surface area contributed by atoms with Crippen LogP contribution in [-0.2, 0) is 9.84 Å². The first kappa shape index (κ1) is 14.9. The van der Waals surface area contributed by atoms with Crippen LogP contribution in [0.1, 0.15) is 17.3 Å². The monoisotopic (exact) mass is 363 g/mol. The zero-order valence-corrected chi connectivity index (χ0v) is 13.6. The summed E-state index contributed by atoms with van der Waals surface area (Å²) in [5.41, 5.74) is 0.513. The van der Waals surface area contributed by atoms with Gasteiger partial charge >= 0.3 is 0 Å². The maximum Gasteiger partial charge on any atom is 0.255 e. The van der Waals surface area contributed by atoms with Crippen LogP contribution >= 0.6 is 28.6 Å². The SMILES string of the molecule is CC1CS(=O)(=O)CCN1C(=O)c1cc(S)ccc1Br. The summed E-state index contributed by atoms with van der Waals surface area (Å²) in [6.07, 6.45) is 0. The molecule has 0 N–H and O–H groups in total. The summed E-state index contributed by atoms with van der Waals surface area (Å²) in [6, 6.07) is 4.93. The zero-order chi connectivity index (χ0) is 14.2. The lowest BCUT2D eigenvalue weighted by atomic mass is 10.1. The molecule has 7 heteroatoms. The van der Waals surface area contributed by atoms with Gasteiger partial charge < -0.3 is 4.90 Å². The summed E-state index contributed by atoms with van der Waals surface area (Å²) in [5.74, 6) is -0.108. The van der Waals surface area contributed by atoms with Gasteiger partial charge in [-0.3, -0.25) is 4.79 Å². The molecule has 0 bridgehead atoms. The highest BCUT2D eigenvalue weighted by molar-refractivity contribution is 9.10. The highest BCUT2D eigenvalue weighted by Crippen LogP contribution is 2.24. The predicted octanol–water partition coefficient (Wildman–Crippen LogP) is 2.00. The minimum absolute atomic E-state index is 0.0247. The Hall–Kier alpha value is -0.530.